The Bertz CT molecular complexity index is 534. The summed E-state index contributed by atoms with van der Waals surface area (Å²) >= 11 is 3.45. The van der Waals surface area contributed by atoms with E-state index in [9.17, 15) is 0 Å². The SMILES string of the molecule is Cc1cc(Br)ccc1-n1ncc(CNC(C)C)n1. The van der Waals surface area contributed by atoms with Gasteiger partial charge in [0, 0.05) is 17.1 Å². The number of aryl methyl sites for hydroxylation is 1. The fourth-order valence-corrected chi connectivity index (χ4v) is 2.12. The zero-order valence-electron chi connectivity index (χ0n) is 10.8. The molecule has 0 spiro atoms. The van der Waals surface area contributed by atoms with Crippen LogP contribution in [-0.2, 0) is 6.54 Å². The molecule has 5 heteroatoms. The quantitative estimate of drug-likeness (QED) is 0.944. The molecule has 1 heterocycles. The van der Waals surface area contributed by atoms with Crippen LogP contribution in [0, 0.1) is 6.92 Å². The van der Waals surface area contributed by atoms with Gasteiger partial charge in [-0.15, -0.1) is 0 Å². The Morgan fingerprint density at radius 2 is 2.17 bits per heavy atom. The van der Waals surface area contributed by atoms with Crippen LogP contribution < -0.4 is 5.32 Å². The summed E-state index contributed by atoms with van der Waals surface area (Å²) < 4.78 is 1.07. The molecule has 0 aliphatic carbocycles. The third kappa shape index (κ3) is 3.17. The standard InChI is InChI=1S/C13H17BrN4/c1-9(2)15-7-12-8-16-18(17-12)13-5-4-11(14)6-10(13)3/h4-6,8-9,15H,7H2,1-3H3. The molecule has 2 rings (SSSR count). The van der Waals surface area contributed by atoms with Gasteiger partial charge in [-0.3, -0.25) is 0 Å². The summed E-state index contributed by atoms with van der Waals surface area (Å²) in [5, 5.41) is 12.1. The van der Waals surface area contributed by atoms with Crippen LogP contribution in [0.4, 0.5) is 0 Å². The molecule has 0 amide bonds. The molecule has 1 aromatic heterocycles. The minimum Gasteiger partial charge on any atom is -0.309 e. The largest absolute Gasteiger partial charge is 0.309 e. The molecule has 2 aromatic rings. The fourth-order valence-electron chi connectivity index (χ4n) is 1.64. The summed E-state index contributed by atoms with van der Waals surface area (Å²) in [6.07, 6.45) is 1.80. The van der Waals surface area contributed by atoms with Crippen molar-refractivity contribution < 1.29 is 0 Å². The molecule has 18 heavy (non-hydrogen) atoms. The highest BCUT2D eigenvalue weighted by molar-refractivity contribution is 9.10. The van der Waals surface area contributed by atoms with Gasteiger partial charge in [-0.05, 0) is 30.7 Å². The minimum atomic E-state index is 0.449. The summed E-state index contributed by atoms with van der Waals surface area (Å²) in [5.41, 5.74) is 3.10. The van der Waals surface area contributed by atoms with Crippen LogP contribution in [0.1, 0.15) is 25.1 Å². The Balaban J connectivity index is 2.18. The first kappa shape index (κ1) is 13.2. The van der Waals surface area contributed by atoms with Gasteiger partial charge in [0.05, 0.1) is 17.6 Å². The molecule has 1 N–H and O–H groups in total. The fraction of sp³-hybridized carbons (Fsp3) is 0.385. The summed E-state index contributed by atoms with van der Waals surface area (Å²) in [5.74, 6) is 0. The lowest BCUT2D eigenvalue weighted by atomic mass is 10.2. The normalized spacial score (nSPS) is 11.2. The number of hydrogen-bond donors (Lipinski definition) is 1. The Morgan fingerprint density at radius 1 is 1.39 bits per heavy atom. The summed E-state index contributed by atoms with van der Waals surface area (Å²) in [6, 6.07) is 6.52. The zero-order chi connectivity index (χ0) is 13.1. The Morgan fingerprint density at radius 3 is 2.83 bits per heavy atom. The smallest absolute Gasteiger partial charge is 0.0969 e. The number of nitrogens with one attached hydrogen (secondary N) is 1. The highest BCUT2D eigenvalue weighted by Crippen LogP contribution is 2.18. The van der Waals surface area contributed by atoms with Gasteiger partial charge in [0.1, 0.15) is 0 Å². The second-order valence-corrected chi connectivity index (χ2v) is 5.51. The number of halogens is 1. The molecule has 4 nitrogen and oxygen atoms in total. The molecular formula is C13H17BrN4. The van der Waals surface area contributed by atoms with E-state index in [4.69, 9.17) is 0 Å². The van der Waals surface area contributed by atoms with E-state index in [1.807, 2.05) is 12.1 Å². The second kappa shape index (κ2) is 5.63. The van der Waals surface area contributed by atoms with E-state index in [0.29, 0.717) is 6.04 Å². The maximum absolute atomic E-state index is 4.47. The van der Waals surface area contributed by atoms with Crippen LogP contribution >= 0.6 is 15.9 Å². The minimum absolute atomic E-state index is 0.449. The van der Waals surface area contributed by atoms with E-state index < -0.39 is 0 Å². The second-order valence-electron chi connectivity index (χ2n) is 4.59. The number of benzene rings is 1. The lowest BCUT2D eigenvalue weighted by Gasteiger charge is -2.05. The average Bonchev–Trinajstić information content (AvgIpc) is 2.75. The number of rotatable bonds is 4. The third-order valence-electron chi connectivity index (χ3n) is 2.61. The Kier molecular flexibility index (Phi) is 4.14. The van der Waals surface area contributed by atoms with Gasteiger partial charge in [0.25, 0.3) is 0 Å². The predicted molar refractivity (Wildman–Crippen MR) is 75.8 cm³/mol. The first-order valence-corrected chi connectivity index (χ1v) is 6.76. The van der Waals surface area contributed by atoms with Crippen LogP contribution in [0.25, 0.3) is 5.69 Å². The van der Waals surface area contributed by atoms with E-state index in [2.05, 4.69) is 58.3 Å². The molecule has 0 saturated carbocycles. The highest BCUT2D eigenvalue weighted by atomic mass is 79.9. The lowest BCUT2D eigenvalue weighted by molar-refractivity contribution is 0.577. The molecule has 0 saturated heterocycles. The highest BCUT2D eigenvalue weighted by Gasteiger charge is 2.06. The van der Waals surface area contributed by atoms with Crippen molar-refractivity contribution >= 4 is 15.9 Å². The van der Waals surface area contributed by atoms with Crippen molar-refractivity contribution in [1.29, 1.82) is 0 Å². The van der Waals surface area contributed by atoms with Gasteiger partial charge in [0.15, 0.2) is 0 Å². The van der Waals surface area contributed by atoms with Crippen LogP contribution in [0.5, 0.6) is 0 Å². The van der Waals surface area contributed by atoms with Crippen molar-refractivity contribution in [2.45, 2.75) is 33.4 Å². The van der Waals surface area contributed by atoms with Crippen LogP contribution in [0.2, 0.25) is 0 Å². The van der Waals surface area contributed by atoms with Crippen molar-refractivity contribution in [2.24, 2.45) is 0 Å². The Labute approximate surface area is 116 Å². The van der Waals surface area contributed by atoms with E-state index >= 15 is 0 Å². The van der Waals surface area contributed by atoms with Crippen molar-refractivity contribution in [2.75, 3.05) is 0 Å². The third-order valence-corrected chi connectivity index (χ3v) is 3.10. The van der Waals surface area contributed by atoms with Crippen molar-refractivity contribution in [1.82, 2.24) is 20.3 Å². The Hall–Kier alpha value is -1.20. The molecule has 0 radical (unpaired) electrons. The number of nitrogens with zero attached hydrogens (tertiary/aromatic N) is 3. The van der Waals surface area contributed by atoms with Crippen molar-refractivity contribution in [3.63, 3.8) is 0 Å². The van der Waals surface area contributed by atoms with Gasteiger partial charge >= 0.3 is 0 Å². The van der Waals surface area contributed by atoms with Gasteiger partial charge in [-0.2, -0.15) is 15.0 Å². The van der Waals surface area contributed by atoms with E-state index in [0.717, 1.165) is 28.0 Å². The van der Waals surface area contributed by atoms with E-state index in [-0.39, 0.29) is 0 Å². The topological polar surface area (TPSA) is 42.7 Å². The molecular weight excluding hydrogens is 292 g/mol. The van der Waals surface area contributed by atoms with Crippen LogP contribution in [0.3, 0.4) is 0 Å². The van der Waals surface area contributed by atoms with E-state index in [1.54, 1.807) is 11.0 Å². The predicted octanol–water partition coefficient (Wildman–Crippen LogP) is 2.84. The van der Waals surface area contributed by atoms with E-state index in [1.165, 1.54) is 0 Å². The van der Waals surface area contributed by atoms with Crippen LogP contribution in [0.15, 0.2) is 28.9 Å². The monoisotopic (exact) mass is 308 g/mol. The summed E-state index contributed by atoms with van der Waals surface area (Å²) in [7, 11) is 0. The van der Waals surface area contributed by atoms with Gasteiger partial charge < -0.3 is 5.32 Å². The van der Waals surface area contributed by atoms with Crippen LogP contribution in [-0.4, -0.2) is 21.0 Å². The van der Waals surface area contributed by atoms with Gasteiger partial charge in [-0.1, -0.05) is 29.8 Å². The summed E-state index contributed by atoms with van der Waals surface area (Å²) in [6.45, 7) is 7.02. The lowest BCUT2D eigenvalue weighted by Crippen LogP contribution is -2.22. The first-order valence-electron chi connectivity index (χ1n) is 5.97. The average molecular weight is 309 g/mol. The molecule has 0 bridgehead atoms. The molecule has 0 fully saturated rings. The molecule has 96 valence electrons. The van der Waals surface area contributed by atoms with Gasteiger partial charge in [0.2, 0.25) is 0 Å². The number of aromatic nitrogens is 3. The molecule has 0 aliphatic heterocycles. The maximum Gasteiger partial charge on any atom is 0.0969 e. The maximum atomic E-state index is 4.47. The van der Waals surface area contributed by atoms with Crippen molar-refractivity contribution in [3.8, 4) is 5.69 Å². The zero-order valence-corrected chi connectivity index (χ0v) is 12.4. The molecule has 0 atom stereocenters. The summed E-state index contributed by atoms with van der Waals surface area (Å²) in [4.78, 5) is 1.68. The molecule has 1 aromatic carbocycles. The number of hydrogen-bond acceptors (Lipinski definition) is 3. The van der Waals surface area contributed by atoms with Crippen molar-refractivity contribution in [3.05, 3.63) is 40.1 Å². The molecule has 0 unspecified atom stereocenters. The first-order chi connectivity index (χ1) is 8.56. The van der Waals surface area contributed by atoms with Gasteiger partial charge in [-0.25, -0.2) is 0 Å². The molecule has 0 aliphatic rings.